The van der Waals surface area contributed by atoms with Crippen molar-refractivity contribution in [2.75, 3.05) is 12.5 Å². The molecule has 1 rings (SSSR count). The molecule has 0 atom stereocenters. The second-order valence-corrected chi connectivity index (χ2v) is 3.83. The summed E-state index contributed by atoms with van der Waals surface area (Å²) < 4.78 is 4.84. The zero-order valence-corrected chi connectivity index (χ0v) is 10.7. The van der Waals surface area contributed by atoms with Crippen LogP contribution in [0.3, 0.4) is 0 Å². The molecule has 0 unspecified atom stereocenters. The number of halogens is 1. The van der Waals surface area contributed by atoms with Gasteiger partial charge in [-0.25, -0.2) is 4.79 Å². The molecule has 94 valence electrons. The van der Waals surface area contributed by atoms with Crippen molar-refractivity contribution < 1.29 is 14.3 Å². The summed E-state index contributed by atoms with van der Waals surface area (Å²) in [6.45, 7) is 1.95. The normalized spacial score (nSPS) is 9.61. The molecule has 0 bridgehead atoms. The molecule has 0 aliphatic carbocycles. The van der Waals surface area contributed by atoms with E-state index < -0.39 is 5.97 Å². The molecule has 1 aromatic rings. The summed E-state index contributed by atoms with van der Waals surface area (Å²) in [5.74, 6) is -0.595. The lowest BCUT2D eigenvalue weighted by atomic mass is 10.00. The highest BCUT2D eigenvalue weighted by Crippen LogP contribution is 2.15. The Morgan fingerprint density at radius 3 is 2.72 bits per heavy atom. The van der Waals surface area contributed by atoms with Gasteiger partial charge in [0.2, 0.25) is 0 Å². The average Bonchev–Trinajstić information content (AvgIpc) is 2.38. The molecular formula is C13H12ClNO3. The van der Waals surface area contributed by atoms with Crippen LogP contribution in [0.5, 0.6) is 0 Å². The smallest absolute Gasteiger partial charge is 0.338 e. The van der Waals surface area contributed by atoms with Gasteiger partial charge in [-0.1, -0.05) is 0 Å². The number of carbonyl (C=O) groups is 2. The molecule has 0 N–H and O–H groups in total. The largest absolute Gasteiger partial charge is 0.462 e. The Morgan fingerprint density at radius 1 is 1.44 bits per heavy atom. The van der Waals surface area contributed by atoms with Crippen LogP contribution in [0.1, 0.15) is 39.6 Å². The second kappa shape index (κ2) is 6.77. The van der Waals surface area contributed by atoms with Crippen LogP contribution in [-0.4, -0.2) is 24.2 Å². The van der Waals surface area contributed by atoms with Crippen LogP contribution in [0.25, 0.3) is 0 Å². The fraction of sp³-hybridized carbons (Fsp3) is 0.308. The summed E-state index contributed by atoms with van der Waals surface area (Å²) in [6.07, 6.45) is 0.127. The van der Waals surface area contributed by atoms with Crippen molar-refractivity contribution in [2.45, 2.75) is 13.3 Å². The highest BCUT2D eigenvalue weighted by molar-refractivity contribution is 6.19. The molecule has 0 aliphatic heterocycles. The summed E-state index contributed by atoms with van der Waals surface area (Å²) in [4.78, 5) is 23.3. The van der Waals surface area contributed by atoms with Crippen LogP contribution in [0, 0.1) is 11.3 Å². The number of benzene rings is 1. The molecule has 0 saturated heterocycles. The van der Waals surface area contributed by atoms with Crippen molar-refractivity contribution in [1.82, 2.24) is 0 Å². The van der Waals surface area contributed by atoms with E-state index >= 15 is 0 Å². The molecule has 0 spiro atoms. The number of esters is 1. The molecule has 18 heavy (non-hydrogen) atoms. The Labute approximate surface area is 110 Å². The van der Waals surface area contributed by atoms with Crippen LogP contribution in [0.15, 0.2) is 18.2 Å². The Bertz CT molecular complexity index is 505. The number of ketones is 1. The summed E-state index contributed by atoms with van der Waals surface area (Å²) in [5.41, 5.74) is 0.704. The van der Waals surface area contributed by atoms with Gasteiger partial charge in [-0.05, 0) is 25.1 Å². The van der Waals surface area contributed by atoms with Crippen molar-refractivity contribution in [3.63, 3.8) is 0 Å². The lowest BCUT2D eigenvalue weighted by molar-refractivity contribution is 0.0526. The zero-order valence-electron chi connectivity index (χ0n) is 9.90. The third kappa shape index (κ3) is 3.31. The van der Waals surface area contributed by atoms with Crippen molar-refractivity contribution in [3.8, 4) is 6.07 Å². The van der Waals surface area contributed by atoms with Gasteiger partial charge in [0.15, 0.2) is 5.78 Å². The molecule has 1 aromatic carbocycles. The summed E-state index contributed by atoms with van der Waals surface area (Å²) >= 11 is 5.50. The monoisotopic (exact) mass is 265 g/mol. The molecule has 0 amide bonds. The molecule has 0 saturated carbocycles. The number of rotatable bonds is 5. The van der Waals surface area contributed by atoms with Gasteiger partial charge in [0.1, 0.15) is 0 Å². The summed E-state index contributed by atoms with van der Waals surface area (Å²) in [5, 5.41) is 8.92. The third-order valence-electron chi connectivity index (χ3n) is 2.27. The van der Waals surface area contributed by atoms with E-state index in [0.717, 1.165) is 0 Å². The minimum atomic E-state index is -0.512. The van der Waals surface area contributed by atoms with Crippen molar-refractivity contribution in [1.29, 1.82) is 5.26 Å². The maximum Gasteiger partial charge on any atom is 0.338 e. The van der Waals surface area contributed by atoms with Gasteiger partial charge in [-0.2, -0.15) is 5.26 Å². The minimum absolute atomic E-state index is 0.127. The fourth-order valence-electron chi connectivity index (χ4n) is 1.43. The molecule has 5 heteroatoms. The van der Waals surface area contributed by atoms with E-state index in [9.17, 15) is 9.59 Å². The lowest BCUT2D eigenvalue weighted by Crippen LogP contribution is -2.09. The fourth-order valence-corrected chi connectivity index (χ4v) is 1.61. The van der Waals surface area contributed by atoms with Gasteiger partial charge in [-0.15, -0.1) is 11.6 Å². The first-order valence-electron chi connectivity index (χ1n) is 5.44. The molecular weight excluding hydrogens is 254 g/mol. The molecule has 0 radical (unpaired) electrons. The SMILES string of the molecule is CCOC(=O)c1ccc(C#N)c(C(=O)CCCl)c1. The summed E-state index contributed by atoms with van der Waals surface area (Å²) in [7, 11) is 0. The first kappa shape index (κ1) is 14.2. The maximum atomic E-state index is 11.8. The molecule has 0 aromatic heterocycles. The highest BCUT2D eigenvalue weighted by atomic mass is 35.5. The van der Waals surface area contributed by atoms with E-state index in [-0.39, 0.29) is 41.4 Å². The Hall–Kier alpha value is -1.86. The van der Waals surface area contributed by atoms with Crippen LogP contribution >= 0.6 is 11.6 Å². The topological polar surface area (TPSA) is 67.2 Å². The lowest BCUT2D eigenvalue weighted by Gasteiger charge is -2.06. The molecule has 0 fully saturated rings. The highest BCUT2D eigenvalue weighted by Gasteiger charge is 2.15. The number of carbonyl (C=O) groups excluding carboxylic acids is 2. The standard InChI is InChI=1S/C13H12ClNO3/c1-2-18-13(17)9-3-4-10(8-15)11(7-9)12(16)5-6-14/h3-4,7H,2,5-6H2,1H3. The summed E-state index contributed by atoms with van der Waals surface area (Å²) in [6, 6.07) is 6.20. The molecule has 0 heterocycles. The van der Waals surface area contributed by atoms with Gasteiger partial charge in [-0.3, -0.25) is 4.79 Å². The van der Waals surface area contributed by atoms with Gasteiger partial charge >= 0.3 is 5.97 Å². The predicted octanol–water partition coefficient (Wildman–Crippen LogP) is 2.55. The zero-order chi connectivity index (χ0) is 13.5. The number of ether oxygens (including phenoxy) is 1. The number of hydrogen-bond acceptors (Lipinski definition) is 4. The van der Waals surface area contributed by atoms with E-state index in [1.165, 1.54) is 18.2 Å². The van der Waals surface area contributed by atoms with E-state index in [2.05, 4.69) is 0 Å². The van der Waals surface area contributed by atoms with Gasteiger partial charge in [0.25, 0.3) is 0 Å². The number of alkyl halides is 1. The van der Waals surface area contributed by atoms with Crippen molar-refractivity contribution in [2.24, 2.45) is 0 Å². The first-order chi connectivity index (χ1) is 8.63. The average molecular weight is 266 g/mol. The van der Waals surface area contributed by atoms with Crippen LogP contribution in [-0.2, 0) is 4.74 Å². The van der Waals surface area contributed by atoms with Crippen LogP contribution < -0.4 is 0 Å². The van der Waals surface area contributed by atoms with Crippen molar-refractivity contribution in [3.05, 3.63) is 34.9 Å². The Morgan fingerprint density at radius 2 is 2.17 bits per heavy atom. The van der Waals surface area contributed by atoms with E-state index in [1.54, 1.807) is 6.92 Å². The number of Topliss-reactive ketones (excluding diaryl/α,β-unsaturated/α-hetero) is 1. The van der Waals surface area contributed by atoms with E-state index in [1.807, 2.05) is 6.07 Å². The number of nitriles is 1. The number of nitrogens with zero attached hydrogens (tertiary/aromatic N) is 1. The molecule has 0 aliphatic rings. The second-order valence-electron chi connectivity index (χ2n) is 3.45. The van der Waals surface area contributed by atoms with Crippen LogP contribution in [0.2, 0.25) is 0 Å². The van der Waals surface area contributed by atoms with E-state index in [0.29, 0.717) is 0 Å². The third-order valence-corrected chi connectivity index (χ3v) is 2.46. The predicted molar refractivity (Wildman–Crippen MR) is 66.8 cm³/mol. The first-order valence-corrected chi connectivity index (χ1v) is 5.98. The van der Waals surface area contributed by atoms with Crippen LogP contribution in [0.4, 0.5) is 0 Å². The van der Waals surface area contributed by atoms with Gasteiger partial charge in [0.05, 0.1) is 23.8 Å². The quantitative estimate of drug-likeness (QED) is 0.466. The maximum absolute atomic E-state index is 11.8. The Balaban J connectivity index is 3.14. The van der Waals surface area contributed by atoms with E-state index in [4.69, 9.17) is 21.6 Å². The number of hydrogen-bond donors (Lipinski definition) is 0. The van der Waals surface area contributed by atoms with Crippen molar-refractivity contribution >= 4 is 23.4 Å². The minimum Gasteiger partial charge on any atom is -0.462 e. The van der Waals surface area contributed by atoms with Gasteiger partial charge < -0.3 is 4.74 Å². The van der Waals surface area contributed by atoms with Gasteiger partial charge in [0, 0.05) is 17.9 Å². The molecule has 4 nitrogen and oxygen atoms in total. The Kier molecular flexibility index (Phi) is 5.34.